The van der Waals surface area contributed by atoms with Gasteiger partial charge in [0.25, 0.3) is 0 Å². The number of benzene rings is 1. The normalized spacial score (nSPS) is 32.3. The third-order valence-corrected chi connectivity index (χ3v) is 6.20. The van der Waals surface area contributed by atoms with Crippen LogP contribution in [0.3, 0.4) is 0 Å². The molecule has 1 aromatic rings. The van der Waals surface area contributed by atoms with Gasteiger partial charge in [0, 0.05) is 0 Å². The van der Waals surface area contributed by atoms with Gasteiger partial charge in [-0.2, -0.15) is 13.2 Å². The van der Waals surface area contributed by atoms with Crippen molar-refractivity contribution in [2.24, 2.45) is 23.2 Å². The summed E-state index contributed by atoms with van der Waals surface area (Å²) in [5.41, 5.74) is -0.227. The lowest BCUT2D eigenvalue weighted by molar-refractivity contribution is -0.167. The number of hydrogen-bond donors (Lipinski definition) is 2. The Balaban J connectivity index is 1.53. The van der Waals surface area contributed by atoms with Crippen molar-refractivity contribution in [2.45, 2.75) is 44.7 Å². The Morgan fingerprint density at radius 1 is 0.885 bits per heavy atom. The Labute approximate surface area is 149 Å². The average molecular weight is 366 g/mol. The average Bonchev–Trinajstić information content (AvgIpc) is 2.54. The first-order valence-electron chi connectivity index (χ1n) is 9.04. The standard InChI is InChI=1S/C19H21F3N2O2/c20-19(21,22)17(26)24-15-4-2-1-3-14(15)23-16(25)18-8-11-5-12(9-18)7-13(6-11)10-18/h1-4,11-13H,5-10H2,(H,23,25)(H,24,26). The molecular formula is C19H21F3N2O2. The van der Waals surface area contributed by atoms with Gasteiger partial charge >= 0.3 is 12.1 Å². The van der Waals surface area contributed by atoms with Gasteiger partial charge in [0.05, 0.1) is 16.8 Å². The zero-order valence-electron chi connectivity index (χ0n) is 14.2. The number of rotatable bonds is 3. The Bertz CT molecular complexity index is 709. The van der Waals surface area contributed by atoms with Gasteiger partial charge in [-0.1, -0.05) is 12.1 Å². The van der Waals surface area contributed by atoms with Crippen LogP contribution in [-0.4, -0.2) is 18.0 Å². The van der Waals surface area contributed by atoms with E-state index in [9.17, 15) is 22.8 Å². The van der Waals surface area contributed by atoms with Gasteiger partial charge in [-0.05, 0) is 68.4 Å². The summed E-state index contributed by atoms with van der Waals surface area (Å²) in [5.74, 6) is -0.397. The molecule has 0 atom stereocenters. The summed E-state index contributed by atoms with van der Waals surface area (Å²) >= 11 is 0. The van der Waals surface area contributed by atoms with Gasteiger partial charge in [0.1, 0.15) is 0 Å². The summed E-state index contributed by atoms with van der Waals surface area (Å²) in [6, 6.07) is 6.02. The number of carbonyl (C=O) groups is 2. The Hall–Kier alpha value is -2.05. The van der Waals surface area contributed by atoms with Crippen molar-refractivity contribution in [1.82, 2.24) is 0 Å². The van der Waals surface area contributed by atoms with E-state index in [2.05, 4.69) is 5.32 Å². The number of anilines is 2. The van der Waals surface area contributed by atoms with Crippen molar-refractivity contribution in [1.29, 1.82) is 0 Å². The maximum Gasteiger partial charge on any atom is 0.471 e. The molecule has 0 saturated heterocycles. The molecule has 26 heavy (non-hydrogen) atoms. The summed E-state index contributed by atoms with van der Waals surface area (Å²) < 4.78 is 37.6. The molecule has 2 amide bonds. The second kappa shape index (κ2) is 5.99. The molecule has 0 radical (unpaired) electrons. The van der Waals surface area contributed by atoms with Crippen LogP contribution >= 0.6 is 0 Å². The number of carbonyl (C=O) groups excluding carboxylic acids is 2. The van der Waals surface area contributed by atoms with Crippen molar-refractivity contribution in [2.75, 3.05) is 10.6 Å². The second-order valence-corrected chi connectivity index (χ2v) is 8.15. The van der Waals surface area contributed by atoms with Crippen molar-refractivity contribution >= 4 is 23.2 Å². The highest BCUT2D eigenvalue weighted by atomic mass is 19.4. The first-order chi connectivity index (χ1) is 12.2. The molecular weight excluding hydrogens is 345 g/mol. The molecule has 0 aromatic heterocycles. The highest BCUT2D eigenvalue weighted by Crippen LogP contribution is 2.60. The van der Waals surface area contributed by atoms with E-state index in [1.165, 1.54) is 37.5 Å². The van der Waals surface area contributed by atoms with Crippen molar-refractivity contribution in [3.8, 4) is 0 Å². The van der Waals surface area contributed by atoms with Gasteiger partial charge in [0.15, 0.2) is 0 Å². The van der Waals surface area contributed by atoms with Crippen LogP contribution in [0.25, 0.3) is 0 Å². The highest BCUT2D eigenvalue weighted by molar-refractivity contribution is 6.02. The minimum absolute atomic E-state index is 0.0343. The molecule has 0 unspecified atom stereocenters. The molecule has 0 aliphatic heterocycles. The lowest BCUT2D eigenvalue weighted by atomic mass is 9.49. The predicted molar refractivity (Wildman–Crippen MR) is 90.4 cm³/mol. The third kappa shape index (κ3) is 3.08. The van der Waals surface area contributed by atoms with E-state index >= 15 is 0 Å². The van der Waals surface area contributed by atoms with Gasteiger partial charge < -0.3 is 10.6 Å². The number of amides is 2. The summed E-state index contributed by atoms with van der Waals surface area (Å²) in [5, 5.41) is 4.65. The molecule has 4 aliphatic rings. The molecule has 0 spiro atoms. The molecule has 2 N–H and O–H groups in total. The molecule has 140 valence electrons. The lowest BCUT2D eigenvalue weighted by Gasteiger charge is -2.55. The van der Waals surface area contributed by atoms with Crippen LogP contribution in [0, 0.1) is 23.2 Å². The van der Waals surface area contributed by atoms with Crippen LogP contribution in [-0.2, 0) is 9.59 Å². The Morgan fingerprint density at radius 2 is 1.35 bits per heavy atom. The summed E-state index contributed by atoms with van der Waals surface area (Å²) in [6.45, 7) is 0. The van der Waals surface area contributed by atoms with Crippen molar-refractivity contribution < 1.29 is 22.8 Å². The Kier molecular flexibility index (Phi) is 4.00. The van der Waals surface area contributed by atoms with Crippen LogP contribution in [0.1, 0.15) is 38.5 Å². The highest BCUT2D eigenvalue weighted by Gasteiger charge is 2.54. The second-order valence-electron chi connectivity index (χ2n) is 8.15. The summed E-state index contributed by atoms with van der Waals surface area (Å²) in [6.07, 6.45) is 1.21. The smallest absolute Gasteiger partial charge is 0.324 e. The molecule has 4 saturated carbocycles. The molecule has 4 nitrogen and oxygen atoms in total. The zero-order chi connectivity index (χ0) is 18.5. The van der Waals surface area contributed by atoms with Crippen LogP contribution in [0.15, 0.2) is 24.3 Å². The minimum atomic E-state index is -4.98. The zero-order valence-corrected chi connectivity index (χ0v) is 14.2. The minimum Gasteiger partial charge on any atom is -0.324 e. The molecule has 7 heteroatoms. The maximum atomic E-state index is 13.1. The Morgan fingerprint density at radius 3 is 1.81 bits per heavy atom. The van der Waals surface area contributed by atoms with Gasteiger partial charge in [-0.15, -0.1) is 0 Å². The first kappa shape index (κ1) is 17.4. The third-order valence-electron chi connectivity index (χ3n) is 6.20. The fourth-order valence-electron chi connectivity index (χ4n) is 5.54. The monoisotopic (exact) mass is 366 g/mol. The SMILES string of the molecule is O=C(Nc1ccccc1NC(=O)C12CC3CC(CC(C3)C1)C2)C(F)(F)F. The van der Waals surface area contributed by atoms with Crippen LogP contribution < -0.4 is 10.6 Å². The first-order valence-corrected chi connectivity index (χ1v) is 9.04. The lowest BCUT2D eigenvalue weighted by Crippen LogP contribution is -2.51. The van der Waals surface area contributed by atoms with E-state index in [1.807, 2.05) is 5.32 Å². The number of alkyl halides is 3. The van der Waals surface area contributed by atoms with Gasteiger partial charge in [-0.25, -0.2) is 0 Å². The summed E-state index contributed by atoms with van der Waals surface area (Å²) in [7, 11) is 0. The van der Waals surface area contributed by atoms with Crippen LogP contribution in [0.5, 0.6) is 0 Å². The van der Waals surface area contributed by atoms with Gasteiger partial charge in [-0.3, -0.25) is 9.59 Å². The van der Waals surface area contributed by atoms with E-state index in [1.54, 1.807) is 6.07 Å². The van der Waals surface area contributed by atoms with E-state index in [0.29, 0.717) is 17.8 Å². The number of halogens is 3. The van der Waals surface area contributed by atoms with Crippen molar-refractivity contribution in [3.05, 3.63) is 24.3 Å². The van der Waals surface area contributed by atoms with E-state index in [0.717, 1.165) is 19.3 Å². The van der Waals surface area contributed by atoms with Gasteiger partial charge in [0.2, 0.25) is 5.91 Å². The molecule has 4 aliphatic carbocycles. The number of nitrogens with one attached hydrogen (secondary N) is 2. The topological polar surface area (TPSA) is 58.2 Å². The molecule has 0 heterocycles. The molecule has 4 fully saturated rings. The number of para-hydroxylation sites is 2. The van der Waals surface area contributed by atoms with E-state index in [-0.39, 0.29) is 17.3 Å². The molecule has 4 bridgehead atoms. The van der Waals surface area contributed by atoms with Crippen molar-refractivity contribution in [3.63, 3.8) is 0 Å². The fraction of sp³-hybridized carbons (Fsp3) is 0.579. The quantitative estimate of drug-likeness (QED) is 0.836. The largest absolute Gasteiger partial charge is 0.471 e. The fourth-order valence-corrected chi connectivity index (χ4v) is 5.54. The summed E-state index contributed by atoms with van der Waals surface area (Å²) in [4.78, 5) is 24.3. The van der Waals surface area contributed by atoms with E-state index in [4.69, 9.17) is 0 Å². The van der Waals surface area contributed by atoms with Crippen LogP contribution in [0.4, 0.5) is 24.5 Å². The number of hydrogen-bond acceptors (Lipinski definition) is 2. The maximum absolute atomic E-state index is 13.1. The van der Waals surface area contributed by atoms with Crippen LogP contribution in [0.2, 0.25) is 0 Å². The molecule has 1 aromatic carbocycles. The predicted octanol–water partition coefficient (Wildman–Crippen LogP) is 4.34. The molecule has 5 rings (SSSR count). The van der Waals surface area contributed by atoms with E-state index < -0.39 is 17.5 Å².